The Morgan fingerprint density at radius 2 is 2.23 bits per heavy atom. The zero-order valence-electron chi connectivity index (χ0n) is 11.5. The number of ether oxygens (including phenoxy) is 1. The van der Waals surface area contributed by atoms with Crippen LogP contribution in [0.4, 0.5) is 13.2 Å². The van der Waals surface area contributed by atoms with Gasteiger partial charge in [0.05, 0.1) is 12.6 Å². The highest BCUT2D eigenvalue weighted by molar-refractivity contribution is 5.95. The fourth-order valence-electron chi connectivity index (χ4n) is 2.48. The summed E-state index contributed by atoms with van der Waals surface area (Å²) in [6, 6.07) is 1.80. The van der Waals surface area contributed by atoms with Gasteiger partial charge in [-0.15, -0.1) is 5.10 Å². The van der Waals surface area contributed by atoms with Crippen molar-refractivity contribution in [3.63, 3.8) is 0 Å². The second-order valence-electron chi connectivity index (χ2n) is 4.97. The van der Waals surface area contributed by atoms with Crippen molar-refractivity contribution in [1.29, 1.82) is 0 Å². The van der Waals surface area contributed by atoms with Gasteiger partial charge >= 0.3 is 6.18 Å². The van der Waals surface area contributed by atoms with Crippen molar-refractivity contribution in [3.8, 4) is 0 Å². The van der Waals surface area contributed by atoms with Crippen LogP contribution >= 0.6 is 0 Å². The van der Waals surface area contributed by atoms with Gasteiger partial charge < -0.3 is 9.64 Å². The average Bonchev–Trinajstić information content (AvgIpc) is 2.93. The van der Waals surface area contributed by atoms with E-state index < -0.39 is 24.2 Å². The molecule has 2 atom stereocenters. The number of hydrogen-bond acceptors (Lipinski definition) is 5. The number of morpholine rings is 1. The van der Waals surface area contributed by atoms with Gasteiger partial charge in [0.15, 0.2) is 11.8 Å². The number of amides is 1. The fraction of sp³-hybridized carbons (Fsp3) is 0.500. The number of carbonyl (C=O) groups is 1. The maximum atomic E-state index is 12.9. The fourth-order valence-corrected chi connectivity index (χ4v) is 2.48. The molecule has 0 aliphatic carbocycles. The number of carbonyl (C=O) groups excluding carboxylic acids is 1. The summed E-state index contributed by atoms with van der Waals surface area (Å²) >= 11 is 0. The molecule has 22 heavy (non-hydrogen) atoms. The van der Waals surface area contributed by atoms with Gasteiger partial charge in [-0.05, 0) is 29.5 Å². The first-order chi connectivity index (χ1) is 10.4. The molecule has 0 bridgehead atoms. The summed E-state index contributed by atoms with van der Waals surface area (Å²) in [5, 5.41) is 10.8. The van der Waals surface area contributed by atoms with E-state index >= 15 is 0 Å². The topological polar surface area (TPSA) is 72.6 Å². The van der Waals surface area contributed by atoms with Crippen LogP contribution in [0.3, 0.4) is 0 Å². The maximum Gasteiger partial charge on any atom is 0.416 e. The molecule has 0 saturated carbocycles. The Morgan fingerprint density at radius 1 is 1.45 bits per heavy atom. The van der Waals surface area contributed by atoms with Crippen LogP contribution < -0.4 is 0 Å². The number of rotatable bonds is 1. The molecule has 2 aromatic rings. The number of fused-ring (bicyclic) bond motifs is 1. The number of hydrogen-bond donors (Lipinski definition) is 0. The summed E-state index contributed by atoms with van der Waals surface area (Å²) in [5.41, 5.74) is 0.580. The lowest BCUT2D eigenvalue weighted by molar-refractivity contribution is -0.246. The number of halogens is 3. The molecule has 2 aromatic heterocycles. The van der Waals surface area contributed by atoms with E-state index in [1.165, 1.54) is 29.8 Å². The molecular weight excluding hydrogens is 303 g/mol. The van der Waals surface area contributed by atoms with Gasteiger partial charge in [-0.25, -0.2) is 4.52 Å². The van der Waals surface area contributed by atoms with Gasteiger partial charge in [-0.1, -0.05) is 0 Å². The van der Waals surface area contributed by atoms with Crippen LogP contribution in [0.15, 0.2) is 18.3 Å². The van der Waals surface area contributed by atoms with E-state index in [1.807, 2.05) is 0 Å². The molecule has 0 spiro atoms. The van der Waals surface area contributed by atoms with Crippen molar-refractivity contribution in [2.45, 2.75) is 25.2 Å². The Labute approximate surface area is 122 Å². The van der Waals surface area contributed by atoms with Gasteiger partial charge in [0.25, 0.3) is 5.91 Å². The molecule has 1 amide bonds. The lowest BCUT2D eigenvalue weighted by atomic mass is 10.1. The summed E-state index contributed by atoms with van der Waals surface area (Å²) in [6.07, 6.45) is -5.02. The maximum absolute atomic E-state index is 12.9. The number of alkyl halides is 3. The molecule has 3 rings (SSSR count). The first-order valence-electron chi connectivity index (χ1n) is 6.55. The van der Waals surface area contributed by atoms with Crippen molar-refractivity contribution in [3.05, 3.63) is 23.9 Å². The second kappa shape index (κ2) is 5.20. The van der Waals surface area contributed by atoms with Crippen molar-refractivity contribution in [1.82, 2.24) is 24.9 Å². The molecule has 1 saturated heterocycles. The minimum absolute atomic E-state index is 0.0999. The van der Waals surface area contributed by atoms with E-state index in [-0.39, 0.29) is 18.7 Å². The summed E-state index contributed by atoms with van der Waals surface area (Å²) in [4.78, 5) is 13.6. The van der Waals surface area contributed by atoms with Crippen molar-refractivity contribution >= 4 is 11.6 Å². The van der Waals surface area contributed by atoms with Crippen LogP contribution in [0.2, 0.25) is 0 Å². The van der Waals surface area contributed by atoms with E-state index in [4.69, 9.17) is 4.74 Å². The Kier molecular flexibility index (Phi) is 3.47. The average molecular weight is 315 g/mol. The number of tetrazole rings is 1. The number of aromatic nitrogens is 4. The molecule has 0 aromatic carbocycles. The zero-order chi connectivity index (χ0) is 15.9. The lowest BCUT2D eigenvalue weighted by Crippen LogP contribution is -2.57. The molecule has 1 aliphatic heterocycles. The monoisotopic (exact) mass is 315 g/mol. The number of nitrogens with zero attached hydrogens (tertiary/aromatic N) is 5. The molecular formula is C12H12F3N5O2. The molecule has 0 N–H and O–H groups in total. The molecule has 1 fully saturated rings. The quantitative estimate of drug-likeness (QED) is 0.782. The minimum atomic E-state index is -4.51. The highest BCUT2D eigenvalue weighted by Gasteiger charge is 2.49. The highest BCUT2D eigenvalue weighted by Crippen LogP contribution is 2.30. The first kappa shape index (κ1) is 14.7. The molecule has 10 heteroatoms. The third-order valence-electron chi connectivity index (χ3n) is 3.59. The smallest absolute Gasteiger partial charge is 0.365 e. The van der Waals surface area contributed by atoms with Gasteiger partial charge in [-0.2, -0.15) is 13.2 Å². The van der Waals surface area contributed by atoms with Gasteiger partial charge in [0, 0.05) is 18.3 Å². The van der Waals surface area contributed by atoms with Crippen LogP contribution in [-0.4, -0.2) is 62.3 Å². The minimum Gasteiger partial charge on any atom is -0.365 e. The predicted molar refractivity (Wildman–Crippen MR) is 67.1 cm³/mol. The van der Waals surface area contributed by atoms with Crippen LogP contribution in [-0.2, 0) is 4.74 Å². The van der Waals surface area contributed by atoms with E-state index in [0.29, 0.717) is 5.65 Å². The standard InChI is InChI=1S/C12H12F3N5O2/c1-7-10(12(13,14)15)22-5-4-19(7)11(21)8-2-3-20-9(6-8)16-17-18-20/h2-3,6-7,10H,4-5H2,1H3. The molecule has 118 valence electrons. The van der Waals surface area contributed by atoms with E-state index in [9.17, 15) is 18.0 Å². The van der Waals surface area contributed by atoms with Gasteiger partial charge in [0.2, 0.25) is 0 Å². The Hall–Kier alpha value is -2.23. The van der Waals surface area contributed by atoms with Gasteiger partial charge in [-0.3, -0.25) is 4.79 Å². The SMILES string of the molecule is CC1C(C(F)(F)F)OCCN1C(=O)c1ccn2nnnc2c1. The Balaban J connectivity index is 1.87. The normalized spacial score (nSPS) is 23.0. The number of pyridine rings is 1. The zero-order valence-corrected chi connectivity index (χ0v) is 11.5. The summed E-state index contributed by atoms with van der Waals surface area (Å²) < 4.78 is 44.8. The molecule has 7 nitrogen and oxygen atoms in total. The van der Waals surface area contributed by atoms with Crippen LogP contribution in [0, 0.1) is 0 Å². The predicted octanol–water partition coefficient (Wildman–Crippen LogP) is 0.916. The summed E-state index contributed by atoms with van der Waals surface area (Å²) in [7, 11) is 0. The third kappa shape index (κ3) is 2.49. The molecule has 3 heterocycles. The molecule has 0 radical (unpaired) electrons. The molecule has 2 unspecified atom stereocenters. The van der Waals surface area contributed by atoms with Gasteiger partial charge in [0.1, 0.15) is 0 Å². The largest absolute Gasteiger partial charge is 0.416 e. The third-order valence-corrected chi connectivity index (χ3v) is 3.59. The van der Waals surface area contributed by atoms with Crippen molar-refractivity contribution in [2.75, 3.05) is 13.2 Å². The van der Waals surface area contributed by atoms with E-state index in [0.717, 1.165) is 4.90 Å². The van der Waals surface area contributed by atoms with Crippen molar-refractivity contribution in [2.24, 2.45) is 0 Å². The highest BCUT2D eigenvalue weighted by atomic mass is 19.4. The molecule has 1 aliphatic rings. The summed E-state index contributed by atoms with van der Waals surface area (Å²) in [6.45, 7) is 1.27. The van der Waals surface area contributed by atoms with E-state index in [2.05, 4.69) is 15.5 Å². The van der Waals surface area contributed by atoms with Crippen LogP contribution in [0.25, 0.3) is 5.65 Å². The lowest BCUT2D eigenvalue weighted by Gasteiger charge is -2.39. The second-order valence-corrected chi connectivity index (χ2v) is 4.97. The summed E-state index contributed by atoms with van der Waals surface area (Å²) in [5.74, 6) is -0.504. The van der Waals surface area contributed by atoms with E-state index in [1.54, 1.807) is 0 Å². The van der Waals surface area contributed by atoms with Crippen LogP contribution in [0.5, 0.6) is 0 Å². The van der Waals surface area contributed by atoms with Crippen molar-refractivity contribution < 1.29 is 22.7 Å². The Morgan fingerprint density at radius 3 is 2.95 bits per heavy atom. The van der Waals surface area contributed by atoms with Crippen LogP contribution in [0.1, 0.15) is 17.3 Å². The first-order valence-corrected chi connectivity index (χ1v) is 6.55. The Bertz CT molecular complexity index is 701.